The number of aliphatic hydroxyl groups excluding tert-OH is 2. The van der Waals surface area contributed by atoms with E-state index < -0.39 is 12.2 Å². The van der Waals surface area contributed by atoms with E-state index in [1.54, 1.807) is 18.3 Å². The van der Waals surface area contributed by atoms with E-state index in [1.807, 2.05) is 24.3 Å². The first-order valence-corrected chi connectivity index (χ1v) is 5.69. The van der Waals surface area contributed by atoms with Crippen LogP contribution in [0.5, 0.6) is 0 Å². The van der Waals surface area contributed by atoms with Gasteiger partial charge in [-0.1, -0.05) is 12.1 Å². The zero-order chi connectivity index (χ0) is 10.8. The molecule has 1 heterocycles. The number of aromatic nitrogens is 1. The summed E-state index contributed by atoms with van der Waals surface area (Å²) in [6.07, 6.45) is -1.03. The van der Waals surface area contributed by atoms with Gasteiger partial charge in [0.05, 0.1) is 27.4 Å². The molecule has 0 aliphatic heterocycles. The monoisotopic (exact) mass is 223 g/mol. The summed E-state index contributed by atoms with van der Waals surface area (Å²) >= 11 is 1.56. The van der Waals surface area contributed by atoms with Gasteiger partial charge >= 0.3 is 0 Å². The Labute approximate surface area is 92.0 Å². The molecular formula is C11H13NO2S. The molecule has 2 aromatic rings. The number of aliphatic hydroxyl groups is 2. The lowest BCUT2D eigenvalue weighted by Crippen LogP contribution is -2.24. The second kappa shape index (κ2) is 4.26. The van der Waals surface area contributed by atoms with E-state index in [0.29, 0.717) is 6.42 Å². The molecule has 80 valence electrons. The van der Waals surface area contributed by atoms with Crippen molar-refractivity contribution in [2.45, 2.75) is 25.6 Å². The maximum atomic E-state index is 9.52. The van der Waals surface area contributed by atoms with Crippen LogP contribution in [0.25, 0.3) is 10.2 Å². The number of fused-ring (bicyclic) bond motifs is 1. The van der Waals surface area contributed by atoms with Gasteiger partial charge in [0.1, 0.15) is 0 Å². The summed E-state index contributed by atoms with van der Waals surface area (Å²) in [6.45, 7) is 1.58. The maximum absolute atomic E-state index is 9.52. The number of rotatable bonds is 3. The van der Waals surface area contributed by atoms with Crippen molar-refractivity contribution in [2.75, 3.05) is 0 Å². The Morgan fingerprint density at radius 1 is 1.33 bits per heavy atom. The average molecular weight is 223 g/mol. The Morgan fingerprint density at radius 2 is 2.07 bits per heavy atom. The number of thiazole rings is 1. The van der Waals surface area contributed by atoms with E-state index >= 15 is 0 Å². The molecule has 2 N–H and O–H groups in total. The molecule has 0 saturated heterocycles. The summed E-state index contributed by atoms with van der Waals surface area (Å²) in [5, 5.41) is 19.6. The van der Waals surface area contributed by atoms with E-state index in [1.165, 1.54) is 0 Å². The molecule has 1 aromatic heterocycles. The topological polar surface area (TPSA) is 53.4 Å². The van der Waals surface area contributed by atoms with Crippen molar-refractivity contribution >= 4 is 21.6 Å². The Kier molecular flexibility index (Phi) is 3.00. The highest BCUT2D eigenvalue weighted by molar-refractivity contribution is 7.18. The number of para-hydroxylation sites is 1. The highest BCUT2D eigenvalue weighted by Crippen LogP contribution is 2.22. The van der Waals surface area contributed by atoms with E-state index in [2.05, 4.69) is 4.98 Å². The van der Waals surface area contributed by atoms with Gasteiger partial charge in [0, 0.05) is 6.42 Å². The molecule has 0 saturated carbocycles. The lowest BCUT2D eigenvalue weighted by molar-refractivity contribution is 0.0319. The zero-order valence-corrected chi connectivity index (χ0v) is 9.24. The average Bonchev–Trinajstić information content (AvgIpc) is 2.59. The number of nitrogens with zero attached hydrogens (tertiary/aromatic N) is 1. The molecule has 15 heavy (non-hydrogen) atoms. The molecule has 2 atom stereocenters. The second-order valence-corrected chi connectivity index (χ2v) is 4.70. The molecule has 2 rings (SSSR count). The van der Waals surface area contributed by atoms with Crippen LogP contribution in [0.2, 0.25) is 0 Å². The van der Waals surface area contributed by atoms with Gasteiger partial charge in [-0.2, -0.15) is 0 Å². The molecule has 2 unspecified atom stereocenters. The van der Waals surface area contributed by atoms with Gasteiger partial charge in [0.15, 0.2) is 0 Å². The van der Waals surface area contributed by atoms with Gasteiger partial charge in [-0.3, -0.25) is 0 Å². The Hall–Kier alpha value is -0.970. The molecular weight excluding hydrogens is 210 g/mol. The Bertz CT molecular complexity index is 420. The van der Waals surface area contributed by atoms with Gasteiger partial charge < -0.3 is 10.2 Å². The van der Waals surface area contributed by atoms with Crippen LogP contribution < -0.4 is 0 Å². The summed E-state index contributed by atoms with van der Waals surface area (Å²) in [5.41, 5.74) is 0.954. The largest absolute Gasteiger partial charge is 0.391 e. The molecule has 0 bridgehead atoms. The van der Waals surface area contributed by atoms with Gasteiger partial charge in [-0.15, -0.1) is 11.3 Å². The highest BCUT2D eigenvalue weighted by atomic mass is 32.1. The van der Waals surface area contributed by atoms with Crippen molar-refractivity contribution in [1.82, 2.24) is 4.98 Å². The van der Waals surface area contributed by atoms with Gasteiger partial charge in [-0.05, 0) is 19.1 Å². The molecule has 3 nitrogen and oxygen atoms in total. The lowest BCUT2D eigenvalue weighted by Gasteiger charge is -2.10. The van der Waals surface area contributed by atoms with Crippen molar-refractivity contribution in [1.29, 1.82) is 0 Å². The third-order valence-electron chi connectivity index (χ3n) is 2.28. The molecule has 0 spiro atoms. The SMILES string of the molecule is CC(O)C(O)Cc1nc2ccccc2s1. The first-order chi connectivity index (χ1) is 7.16. The van der Waals surface area contributed by atoms with Crippen molar-refractivity contribution in [3.05, 3.63) is 29.3 Å². The summed E-state index contributed by atoms with van der Waals surface area (Å²) in [6, 6.07) is 7.86. The third kappa shape index (κ3) is 2.34. The number of benzene rings is 1. The van der Waals surface area contributed by atoms with Crippen molar-refractivity contribution < 1.29 is 10.2 Å². The molecule has 0 fully saturated rings. The molecule has 1 aromatic carbocycles. The zero-order valence-electron chi connectivity index (χ0n) is 8.42. The van der Waals surface area contributed by atoms with Crippen LogP contribution in [-0.2, 0) is 6.42 Å². The summed E-state index contributed by atoms with van der Waals surface area (Å²) in [5.74, 6) is 0. The molecule has 0 amide bonds. The number of hydrogen-bond donors (Lipinski definition) is 2. The van der Waals surface area contributed by atoms with Gasteiger partial charge in [0.2, 0.25) is 0 Å². The first kappa shape index (κ1) is 10.5. The summed E-state index contributed by atoms with van der Waals surface area (Å²) in [7, 11) is 0. The van der Waals surface area contributed by atoms with Crippen molar-refractivity contribution in [2.24, 2.45) is 0 Å². The molecule has 4 heteroatoms. The Morgan fingerprint density at radius 3 is 2.73 bits per heavy atom. The molecule has 0 radical (unpaired) electrons. The van der Waals surface area contributed by atoms with Crippen LogP contribution in [0.1, 0.15) is 11.9 Å². The van der Waals surface area contributed by atoms with E-state index in [4.69, 9.17) is 0 Å². The van der Waals surface area contributed by atoms with Gasteiger partial charge in [-0.25, -0.2) is 4.98 Å². The standard InChI is InChI=1S/C11H13NO2S/c1-7(13)9(14)6-11-12-8-4-2-3-5-10(8)15-11/h2-5,7,9,13-14H,6H2,1H3. The third-order valence-corrected chi connectivity index (χ3v) is 3.34. The van der Waals surface area contributed by atoms with Crippen molar-refractivity contribution in [3.8, 4) is 0 Å². The van der Waals surface area contributed by atoms with Crippen LogP contribution in [-0.4, -0.2) is 27.4 Å². The van der Waals surface area contributed by atoms with Crippen LogP contribution in [0.15, 0.2) is 24.3 Å². The maximum Gasteiger partial charge on any atom is 0.0965 e. The Balaban J connectivity index is 2.22. The van der Waals surface area contributed by atoms with E-state index in [9.17, 15) is 10.2 Å². The van der Waals surface area contributed by atoms with Gasteiger partial charge in [0.25, 0.3) is 0 Å². The quantitative estimate of drug-likeness (QED) is 0.830. The van der Waals surface area contributed by atoms with Crippen molar-refractivity contribution in [3.63, 3.8) is 0 Å². The second-order valence-electron chi connectivity index (χ2n) is 3.59. The normalized spacial score (nSPS) is 15.4. The lowest BCUT2D eigenvalue weighted by atomic mass is 10.2. The molecule has 0 aliphatic carbocycles. The van der Waals surface area contributed by atoms with E-state index in [0.717, 1.165) is 15.2 Å². The minimum atomic E-state index is -0.731. The fourth-order valence-electron chi connectivity index (χ4n) is 1.36. The summed E-state index contributed by atoms with van der Waals surface area (Å²) < 4.78 is 1.12. The fourth-order valence-corrected chi connectivity index (χ4v) is 2.37. The number of hydrogen-bond acceptors (Lipinski definition) is 4. The summed E-state index contributed by atoms with van der Waals surface area (Å²) in [4.78, 5) is 4.38. The van der Waals surface area contributed by atoms with Crippen LogP contribution in [0.3, 0.4) is 0 Å². The first-order valence-electron chi connectivity index (χ1n) is 4.87. The highest BCUT2D eigenvalue weighted by Gasteiger charge is 2.14. The predicted molar refractivity (Wildman–Crippen MR) is 61.0 cm³/mol. The minimum absolute atomic E-state index is 0.414. The van der Waals surface area contributed by atoms with Crippen LogP contribution in [0, 0.1) is 0 Å². The smallest absolute Gasteiger partial charge is 0.0965 e. The fraction of sp³-hybridized carbons (Fsp3) is 0.364. The minimum Gasteiger partial charge on any atom is -0.391 e. The van der Waals surface area contributed by atoms with Crippen LogP contribution in [0.4, 0.5) is 0 Å². The van der Waals surface area contributed by atoms with Crippen LogP contribution >= 0.6 is 11.3 Å². The molecule has 0 aliphatic rings. The van der Waals surface area contributed by atoms with E-state index in [-0.39, 0.29) is 0 Å². The predicted octanol–water partition coefficient (Wildman–Crippen LogP) is 1.58.